The van der Waals surface area contributed by atoms with E-state index < -0.39 is 10.0 Å². The van der Waals surface area contributed by atoms with Gasteiger partial charge in [-0.05, 0) is 27.7 Å². The van der Waals surface area contributed by atoms with Crippen molar-refractivity contribution in [3.8, 4) is 0 Å². The van der Waals surface area contributed by atoms with Crippen molar-refractivity contribution in [1.82, 2.24) is 9.21 Å². The lowest BCUT2D eigenvalue weighted by atomic mass is 10.0. The summed E-state index contributed by atoms with van der Waals surface area (Å²) < 4.78 is 24.4. The van der Waals surface area contributed by atoms with Gasteiger partial charge in [0.25, 0.3) is 0 Å². The molecule has 4 nitrogen and oxygen atoms in total. The number of hydrogen-bond donors (Lipinski definition) is 0. The highest BCUT2D eigenvalue weighted by Gasteiger charge is 2.33. The van der Waals surface area contributed by atoms with Gasteiger partial charge in [-0.3, -0.25) is 4.90 Å². The lowest BCUT2D eigenvalue weighted by molar-refractivity contribution is 0.0447. The molecule has 5 heteroatoms. The molecule has 0 spiro atoms. The van der Waals surface area contributed by atoms with Gasteiger partial charge in [-0.1, -0.05) is 0 Å². The normalized spacial score (nSPS) is 26.9. The number of piperazine rings is 1. The van der Waals surface area contributed by atoms with Crippen LogP contribution in [0, 0.1) is 0 Å². The van der Waals surface area contributed by atoms with E-state index in [4.69, 9.17) is 0 Å². The van der Waals surface area contributed by atoms with E-state index in [2.05, 4.69) is 32.6 Å². The van der Waals surface area contributed by atoms with Crippen molar-refractivity contribution in [3.05, 3.63) is 0 Å². The molecule has 0 aromatic carbocycles. The van der Waals surface area contributed by atoms with Crippen LogP contribution in [0.3, 0.4) is 0 Å². The van der Waals surface area contributed by atoms with E-state index in [9.17, 15) is 8.42 Å². The van der Waals surface area contributed by atoms with Crippen molar-refractivity contribution in [2.24, 2.45) is 0 Å². The molecule has 1 atom stereocenters. The summed E-state index contributed by atoms with van der Waals surface area (Å²) >= 11 is 0. The number of rotatable bonds is 1. The van der Waals surface area contributed by atoms with E-state index in [-0.39, 0.29) is 11.6 Å². The van der Waals surface area contributed by atoms with Crippen molar-refractivity contribution in [1.29, 1.82) is 0 Å². The maximum absolute atomic E-state index is 11.4. The number of nitrogens with zero attached hydrogens (tertiary/aromatic N) is 2. The zero-order valence-corrected chi connectivity index (χ0v) is 11.1. The Morgan fingerprint density at radius 3 is 2.07 bits per heavy atom. The SMILES string of the molecule is CC1CN(S(C)(=O)=O)CCN1C(C)(C)C. The number of hydrogen-bond acceptors (Lipinski definition) is 3. The van der Waals surface area contributed by atoms with Crippen LogP contribution in [0.25, 0.3) is 0 Å². The van der Waals surface area contributed by atoms with Crippen LogP contribution in [-0.2, 0) is 10.0 Å². The highest BCUT2D eigenvalue weighted by Crippen LogP contribution is 2.21. The van der Waals surface area contributed by atoms with Gasteiger partial charge < -0.3 is 0 Å². The smallest absolute Gasteiger partial charge is 0.211 e. The molecule has 0 bridgehead atoms. The summed E-state index contributed by atoms with van der Waals surface area (Å²) in [6.45, 7) is 10.6. The van der Waals surface area contributed by atoms with Gasteiger partial charge in [-0.25, -0.2) is 8.42 Å². The van der Waals surface area contributed by atoms with Gasteiger partial charge in [0.1, 0.15) is 0 Å². The molecule has 15 heavy (non-hydrogen) atoms. The van der Waals surface area contributed by atoms with Crippen LogP contribution >= 0.6 is 0 Å². The first-order valence-electron chi connectivity index (χ1n) is 5.34. The Balaban J connectivity index is 2.72. The molecule has 1 rings (SSSR count). The molecule has 1 fully saturated rings. The molecular formula is C10H22N2O2S. The van der Waals surface area contributed by atoms with Crippen LogP contribution in [0.15, 0.2) is 0 Å². The Morgan fingerprint density at radius 1 is 1.20 bits per heavy atom. The summed E-state index contributed by atoms with van der Waals surface area (Å²) in [6, 6.07) is 0.286. The van der Waals surface area contributed by atoms with Gasteiger partial charge in [0, 0.05) is 31.2 Å². The summed E-state index contributed by atoms with van der Waals surface area (Å²) in [5.41, 5.74) is 0.114. The minimum atomic E-state index is -3.02. The minimum Gasteiger partial charge on any atom is -0.293 e. The van der Waals surface area contributed by atoms with Crippen molar-refractivity contribution in [2.75, 3.05) is 25.9 Å². The molecule has 1 unspecified atom stereocenters. The third-order valence-corrected chi connectivity index (χ3v) is 4.19. The van der Waals surface area contributed by atoms with Crippen LogP contribution < -0.4 is 0 Å². The molecule has 0 N–H and O–H groups in total. The highest BCUT2D eigenvalue weighted by atomic mass is 32.2. The largest absolute Gasteiger partial charge is 0.293 e. The van der Waals surface area contributed by atoms with Crippen molar-refractivity contribution >= 4 is 10.0 Å². The van der Waals surface area contributed by atoms with Gasteiger partial charge in [-0.15, -0.1) is 0 Å². The van der Waals surface area contributed by atoms with E-state index in [0.717, 1.165) is 6.54 Å². The molecule has 0 aromatic heterocycles. The van der Waals surface area contributed by atoms with E-state index >= 15 is 0 Å². The van der Waals surface area contributed by atoms with E-state index in [1.54, 1.807) is 4.31 Å². The van der Waals surface area contributed by atoms with E-state index in [1.807, 2.05) is 0 Å². The second kappa shape index (κ2) is 4.03. The molecule has 0 aromatic rings. The first-order valence-corrected chi connectivity index (χ1v) is 7.19. The first-order chi connectivity index (χ1) is 6.62. The first kappa shape index (κ1) is 12.9. The molecule has 0 radical (unpaired) electrons. The van der Waals surface area contributed by atoms with Gasteiger partial charge in [-0.2, -0.15) is 4.31 Å². The summed E-state index contributed by atoms with van der Waals surface area (Å²) in [7, 11) is -3.02. The number of sulfonamides is 1. The zero-order chi connectivity index (χ0) is 11.9. The molecule has 1 aliphatic heterocycles. The zero-order valence-electron chi connectivity index (χ0n) is 10.3. The Hall–Kier alpha value is -0.130. The second-order valence-corrected chi connectivity index (χ2v) is 7.32. The van der Waals surface area contributed by atoms with Crippen LogP contribution in [0.1, 0.15) is 27.7 Å². The fourth-order valence-electron chi connectivity index (χ4n) is 2.22. The Labute approximate surface area is 93.3 Å². The van der Waals surface area contributed by atoms with Crippen molar-refractivity contribution in [3.63, 3.8) is 0 Å². The van der Waals surface area contributed by atoms with Crippen LogP contribution in [0.4, 0.5) is 0 Å². The van der Waals surface area contributed by atoms with Crippen molar-refractivity contribution < 1.29 is 8.42 Å². The monoisotopic (exact) mass is 234 g/mol. The molecule has 1 aliphatic rings. The average Bonchev–Trinajstić information content (AvgIpc) is 1.99. The van der Waals surface area contributed by atoms with Crippen molar-refractivity contribution in [2.45, 2.75) is 39.3 Å². The summed E-state index contributed by atoms with van der Waals surface area (Å²) in [4.78, 5) is 2.36. The summed E-state index contributed by atoms with van der Waals surface area (Å²) in [5, 5.41) is 0. The highest BCUT2D eigenvalue weighted by molar-refractivity contribution is 7.88. The van der Waals surface area contributed by atoms with Gasteiger partial charge in [0.05, 0.1) is 6.26 Å². The maximum atomic E-state index is 11.4. The lowest BCUT2D eigenvalue weighted by Gasteiger charge is -2.46. The van der Waals surface area contributed by atoms with Crippen LogP contribution in [0.5, 0.6) is 0 Å². The third-order valence-electron chi connectivity index (χ3n) is 2.92. The maximum Gasteiger partial charge on any atom is 0.211 e. The molecule has 90 valence electrons. The molecule has 1 heterocycles. The topological polar surface area (TPSA) is 40.6 Å². The Bertz CT molecular complexity index is 319. The summed E-state index contributed by atoms with van der Waals surface area (Å²) in [5.74, 6) is 0. The van der Waals surface area contributed by atoms with Crippen LogP contribution in [-0.4, -0.2) is 55.1 Å². The van der Waals surface area contributed by atoms with Gasteiger partial charge >= 0.3 is 0 Å². The molecule has 0 aliphatic carbocycles. The molecule has 0 saturated carbocycles. The van der Waals surface area contributed by atoms with Crippen LogP contribution in [0.2, 0.25) is 0 Å². The lowest BCUT2D eigenvalue weighted by Crippen LogP contribution is -2.58. The predicted molar refractivity (Wildman–Crippen MR) is 62.3 cm³/mol. The fourth-order valence-corrected chi connectivity index (χ4v) is 3.12. The Morgan fingerprint density at radius 2 is 1.73 bits per heavy atom. The van der Waals surface area contributed by atoms with Gasteiger partial charge in [0.15, 0.2) is 0 Å². The Kier molecular flexibility index (Phi) is 3.48. The molecular weight excluding hydrogens is 212 g/mol. The van der Waals surface area contributed by atoms with Gasteiger partial charge in [0.2, 0.25) is 10.0 Å². The molecule has 1 saturated heterocycles. The quantitative estimate of drug-likeness (QED) is 0.672. The summed E-state index contributed by atoms with van der Waals surface area (Å²) in [6.07, 6.45) is 1.28. The second-order valence-electron chi connectivity index (χ2n) is 5.33. The van der Waals surface area contributed by atoms with E-state index in [0.29, 0.717) is 13.1 Å². The third kappa shape index (κ3) is 3.16. The average molecular weight is 234 g/mol. The minimum absolute atomic E-state index is 0.114. The fraction of sp³-hybridized carbons (Fsp3) is 1.00. The molecule has 0 amide bonds. The van der Waals surface area contributed by atoms with E-state index in [1.165, 1.54) is 6.26 Å². The standard InChI is InChI=1S/C10H22N2O2S/c1-9-8-11(15(5,13)14)6-7-12(9)10(2,3)4/h9H,6-8H2,1-5H3. The predicted octanol–water partition coefficient (Wildman–Crippen LogP) is 0.751.